The lowest BCUT2D eigenvalue weighted by Crippen LogP contribution is -2.40. The number of ether oxygens (including phenoxy) is 1. The van der Waals surface area contributed by atoms with Gasteiger partial charge in [0.05, 0.1) is 6.54 Å². The molecular weight excluding hydrogens is 312 g/mol. The second-order valence-electron chi connectivity index (χ2n) is 5.51. The number of hydrogen-bond donors (Lipinski definition) is 2. The molecule has 0 saturated carbocycles. The van der Waals surface area contributed by atoms with E-state index in [-0.39, 0.29) is 18.7 Å². The van der Waals surface area contributed by atoms with Crippen molar-refractivity contribution in [1.82, 2.24) is 9.88 Å². The van der Waals surface area contributed by atoms with Crippen LogP contribution in [0.5, 0.6) is 0 Å². The molecule has 2 N–H and O–H groups in total. The first kappa shape index (κ1) is 15.8. The van der Waals surface area contributed by atoms with Gasteiger partial charge in [0.2, 0.25) is 5.43 Å². The summed E-state index contributed by atoms with van der Waals surface area (Å²) in [5.41, 5.74) is 0.953. The molecule has 24 heavy (non-hydrogen) atoms. The highest BCUT2D eigenvalue weighted by molar-refractivity contribution is 5.87. The number of aromatic carboxylic acids is 1. The molecule has 2 heterocycles. The molecule has 0 spiro atoms. The molecule has 1 aromatic heterocycles. The first-order valence-corrected chi connectivity index (χ1v) is 7.48. The predicted molar refractivity (Wildman–Crippen MR) is 84.8 cm³/mol. The SMILES string of the molecule is O=C(O)c1c[nH]c2c(c1=O)CN(C(=O)OCc1ccccc1)CC2. The van der Waals surface area contributed by atoms with Crippen LogP contribution in [-0.4, -0.2) is 33.6 Å². The van der Waals surface area contributed by atoms with Crippen LogP contribution in [0.3, 0.4) is 0 Å². The number of pyridine rings is 1. The van der Waals surface area contributed by atoms with E-state index < -0.39 is 17.5 Å². The Morgan fingerprint density at radius 2 is 2.00 bits per heavy atom. The molecule has 0 radical (unpaired) electrons. The molecule has 124 valence electrons. The Balaban J connectivity index is 1.72. The van der Waals surface area contributed by atoms with E-state index >= 15 is 0 Å². The van der Waals surface area contributed by atoms with Crippen LogP contribution in [0.15, 0.2) is 41.3 Å². The third kappa shape index (κ3) is 3.15. The minimum atomic E-state index is -1.29. The summed E-state index contributed by atoms with van der Waals surface area (Å²) in [6, 6.07) is 9.28. The number of hydrogen-bond acceptors (Lipinski definition) is 4. The maximum atomic E-state index is 12.2. The zero-order chi connectivity index (χ0) is 17.1. The average Bonchev–Trinajstić information content (AvgIpc) is 2.60. The maximum absolute atomic E-state index is 12.2. The molecule has 0 unspecified atom stereocenters. The van der Waals surface area contributed by atoms with Crippen molar-refractivity contribution in [1.29, 1.82) is 0 Å². The van der Waals surface area contributed by atoms with Gasteiger partial charge in [-0.2, -0.15) is 0 Å². The average molecular weight is 328 g/mol. The third-order valence-corrected chi connectivity index (χ3v) is 3.95. The van der Waals surface area contributed by atoms with E-state index in [0.717, 1.165) is 5.56 Å². The molecule has 0 saturated heterocycles. The van der Waals surface area contributed by atoms with Crippen LogP contribution in [-0.2, 0) is 24.3 Å². The van der Waals surface area contributed by atoms with Crippen LogP contribution in [0.4, 0.5) is 4.79 Å². The summed E-state index contributed by atoms with van der Waals surface area (Å²) in [6.45, 7) is 0.594. The molecule has 1 amide bonds. The van der Waals surface area contributed by atoms with Crippen molar-refractivity contribution in [3.05, 3.63) is 69.1 Å². The lowest BCUT2D eigenvalue weighted by molar-refractivity contribution is 0.0694. The van der Waals surface area contributed by atoms with E-state index in [1.54, 1.807) is 0 Å². The Morgan fingerprint density at radius 1 is 1.25 bits per heavy atom. The van der Waals surface area contributed by atoms with E-state index in [9.17, 15) is 14.4 Å². The van der Waals surface area contributed by atoms with Crippen molar-refractivity contribution < 1.29 is 19.4 Å². The first-order chi connectivity index (χ1) is 11.6. The van der Waals surface area contributed by atoms with E-state index in [4.69, 9.17) is 9.84 Å². The van der Waals surface area contributed by atoms with Crippen LogP contribution >= 0.6 is 0 Å². The molecule has 0 bridgehead atoms. The van der Waals surface area contributed by atoms with Gasteiger partial charge in [-0.15, -0.1) is 0 Å². The lowest BCUT2D eigenvalue weighted by atomic mass is 10.0. The molecule has 0 aliphatic carbocycles. The molecule has 0 fully saturated rings. The van der Waals surface area contributed by atoms with E-state index in [0.29, 0.717) is 24.2 Å². The third-order valence-electron chi connectivity index (χ3n) is 3.95. The maximum Gasteiger partial charge on any atom is 0.410 e. The summed E-state index contributed by atoms with van der Waals surface area (Å²) in [5.74, 6) is -1.29. The number of aromatic amines is 1. The van der Waals surface area contributed by atoms with Crippen molar-refractivity contribution in [3.8, 4) is 0 Å². The monoisotopic (exact) mass is 328 g/mol. The fraction of sp³-hybridized carbons (Fsp3) is 0.235. The highest BCUT2D eigenvalue weighted by atomic mass is 16.6. The number of fused-ring (bicyclic) bond motifs is 1. The first-order valence-electron chi connectivity index (χ1n) is 7.48. The highest BCUT2D eigenvalue weighted by Gasteiger charge is 2.26. The quantitative estimate of drug-likeness (QED) is 0.894. The van der Waals surface area contributed by atoms with Crippen molar-refractivity contribution in [3.63, 3.8) is 0 Å². The number of nitrogens with one attached hydrogen (secondary N) is 1. The molecule has 1 aliphatic heterocycles. The summed E-state index contributed by atoms with van der Waals surface area (Å²) >= 11 is 0. The Kier molecular flexibility index (Phi) is 4.33. The molecule has 7 nitrogen and oxygen atoms in total. The van der Waals surface area contributed by atoms with Crippen molar-refractivity contribution in [2.45, 2.75) is 19.6 Å². The Hall–Kier alpha value is -3.09. The topological polar surface area (TPSA) is 99.7 Å². The van der Waals surface area contributed by atoms with Gasteiger partial charge in [-0.3, -0.25) is 4.79 Å². The number of benzene rings is 1. The summed E-state index contributed by atoms with van der Waals surface area (Å²) in [7, 11) is 0. The van der Waals surface area contributed by atoms with Crippen molar-refractivity contribution in [2.24, 2.45) is 0 Å². The summed E-state index contributed by atoms with van der Waals surface area (Å²) in [5, 5.41) is 9.03. The van der Waals surface area contributed by atoms with Gasteiger partial charge in [-0.1, -0.05) is 30.3 Å². The fourth-order valence-electron chi connectivity index (χ4n) is 2.64. The number of rotatable bonds is 3. The highest BCUT2D eigenvalue weighted by Crippen LogP contribution is 2.16. The number of amides is 1. The number of carbonyl (C=O) groups is 2. The minimum absolute atomic E-state index is 0.0411. The number of carboxylic acids is 1. The van der Waals surface area contributed by atoms with Gasteiger partial charge in [-0.05, 0) is 5.56 Å². The standard InChI is InChI=1S/C17H16N2O5/c20-15-12(16(21)22)8-18-14-6-7-19(9-13(14)15)17(23)24-10-11-4-2-1-3-5-11/h1-5,8H,6-7,9-10H2,(H,18,20)(H,21,22). The molecule has 3 rings (SSSR count). The van der Waals surface area contributed by atoms with Crippen LogP contribution in [0.1, 0.15) is 27.2 Å². The minimum Gasteiger partial charge on any atom is -0.477 e. The number of carboxylic acid groups (broad SMARTS) is 1. The van der Waals surface area contributed by atoms with Gasteiger partial charge < -0.3 is 19.7 Å². The predicted octanol–water partition coefficient (Wildman–Crippen LogP) is 1.77. The zero-order valence-corrected chi connectivity index (χ0v) is 12.8. The van der Waals surface area contributed by atoms with Gasteiger partial charge in [-0.25, -0.2) is 9.59 Å². The molecule has 7 heteroatoms. The summed E-state index contributed by atoms with van der Waals surface area (Å²) < 4.78 is 5.26. The van der Waals surface area contributed by atoms with Crippen LogP contribution in [0, 0.1) is 0 Å². The number of nitrogens with zero attached hydrogens (tertiary/aromatic N) is 1. The largest absolute Gasteiger partial charge is 0.477 e. The van der Waals surface area contributed by atoms with E-state index in [2.05, 4.69) is 4.98 Å². The van der Waals surface area contributed by atoms with Gasteiger partial charge in [0.25, 0.3) is 0 Å². The van der Waals surface area contributed by atoms with Gasteiger partial charge in [0.1, 0.15) is 12.2 Å². The number of carbonyl (C=O) groups excluding carboxylic acids is 1. The van der Waals surface area contributed by atoms with Crippen LogP contribution in [0.2, 0.25) is 0 Å². The summed E-state index contributed by atoms with van der Waals surface area (Å²) in [6.07, 6.45) is 1.13. The zero-order valence-electron chi connectivity index (χ0n) is 12.8. The van der Waals surface area contributed by atoms with Crippen molar-refractivity contribution >= 4 is 12.1 Å². The van der Waals surface area contributed by atoms with Crippen LogP contribution in [0.25, 0.3) is 0 Å². The molecular formula is C17H16N2O5. The number of aromatic nitrogens is 1. The molecule has 1 aliphatic rings. The molecule has 1 aromatic carbocycles. The van der Waals surface area contributed by atoms with Gasteiger partial charge in [0, 0.05) is 30.4 Å². The molecule has 2 aromatic rings. The lowest BCUT2D eigenvalue weighted by Gasteiger charge is -2.27. The Morgan fingerprint density at radius 3 is 2.71 bits per heavy atom. The van der Waals surface area contributed by atoms with E-state index in [1.807, 2.05) is 30.3 Å². The van der Waals surface area contributed by atoms with Gasteiger partial charge >= 0.3 is 12.1 Å². The van der Waals surface area contributed by atoms with Crippen LogP contribution < -0.4 is 5.43 Å². The normalized spacial score (nSPS) is 13.2. The number of H-pyrrole nitrogens is 1. The molecule has 0 atom stereocenters. The second kappa shape index (κ2) is 6.57. The van der Waals surface area contributed by atoms with Gasteiger partial charge in [0.15, 0.2) is 0 Å². The van der Waals surface area contributed by atoms with Crippen molar-refractivity contribution in [2.75, 3.05) is 6.54 Å². The summed E-state index contributed by atoms with van der Waals surface area (Å²) in [4.78, 5) is 39.7. The van der Waals surface area contributed by atoms with E-state index in [1.165, 1.54) is 11.1 Å². The Bertz CT molecular complexity index is 829. The smallest absolute Gasteiger partial charge is 0.410 e. The second-order valence-corrected chi connectivity index (χ2v) is 5.51. The fourth-order valence-corrected chi connectivity index (χ4v) is 2.64. The Labute approximate surface area is 137 Å².